The summed E-state index contributed by atoms with van der Waals surface area (Å²) in [5.41, 5.74) is 11.7. The topological polar surface area (TPSA) is 164 Å². The number of Topliss-reactive ketones (excluding diaryl/α,β-unsaturated/α-hetero) is 1. The highest BCUT2D eigenvalue weighted by Gasteiger charge is 2.46. The number of amides is 3. The molecule has 0 aliphatic carbocycles. The fourth-order valence-electron chi connectivity index (χ4n) is 3.55. The molecule has 1 heterocycles. The number of hydrogen-bond acceptors (Lipinski definition) is 7. The van der Waals surface area contributed by atoms with Crippen molar-refractivity contribution < 1.29 is 29.1 Å². The third-order valence-electron chi connectivity index (χ3n) is 5.56. The van der Waals surface area contributed by atoms with E-state index in [2.05, 4.69) is 0 Å². The van der Waals surface area contributed by atoms with Crippen LogP contribution in [0.1, 0.15) is 60.3 Å². The zero-order chi connectivity index (χ0) is 24.0. The second-order valence-electron chi connectivity index (χ2n) is 8.84. The molecule has 1 aliphatic rings. The fourth-order valence-corrected chi connectivity index (χ4v) is 3.55. The van der Waals surface area contributed by atoms with Crippen molar-refractivity contribution >= 4 is 29.5 Å². The third-order valence-corrected chi connectivity index (χ3v) is 5.56. The second-order valence-corrected chi connectivity index (χ2v) is 8.84. The van der Waals surface area contributed by atoms with Crippen LogP contribution < -0.4 is 11.5 Å². The lowest BCUT2D eigenvalue weighted by molar-refractivity contribution is -0.164. The van der Waals surface area contributed by atoms with E-state index in [1.165, 1.54) is 4.90 Å². The Bertz CT molecular complexity index is 708. The summed E-state index contributed by atoms with van der Waals surface area (Å²) in [5.74, 6) is -5.33. The van der Waals surface area contributed by atoms with Crippen LogP contribution in [-0.2, 0) is 24.0 Å². The van der Waals surface area contributed by atoms with Gasteiger partial charge in [0.25, 0.3) is 11.8 Å². The molecule has 10 heteroatoms. The smallest absolute Gasteiger partial charge is 0.326 e. The Labute approximate surface area is 183 Å². The minimum Gasteiger partial charge on any atom is -0.480 e. The van der Waals surface area contributed by atoms with E-state index in [1.54, 1.807) is 34.6 Å². The van der Waals surface area contributed by atoms with Crippen LogP contribution in [0.5, 0.6) is 0 Å². The van der Waals surface area contributed by atoms with E-state index in [0.29, 0.717) is 11.3 Å². The van der Waals surface area contributed by atoms with Gasteiger partial charge >= 0.3 is 5.97 Å². The highest BCUT2D eigenvalue weighted by atomic mass is 16.4. The molecule has 1 rings (SSSR count). The zero-order valence-electron chi connectivity index (χ0n) is 19.0. The van der Waals surface area contributed by atoms with Crippen molar-refractivity contribution in [2.45, 2.75) is 84.5 Å². The van der Waals surface area contributed by atoms with Crippen molar-refractivity contribution in [3.8, 4) is 0 Å². The number of aliphatic carboxylic acids is 1. The van der Waals surface area contributed by atoms with Gasteiger partial charge in [0.05, 0.1) is 12.1 Å². The van der Waals surface area contributed by atoms with Gasteiger partial charge in [0.1, 0.15) is 12.1 Å². The normalized spacial score (nSPS) is 19.3. The summed E-state index contributed by atoms with van der Waals surface area (Å²) < 4.78 is 0. The Morgan fingerprint density at radius 3 is 2.13 bits per heavy atom. The third kappa shape index (κ3) is 6.33. The molecule has 0 aromatic heterocycles. The SMILES string of the molecule is CCC(N)C(=O)C(=O)N(C(=O)[C@@H]1CCCN1C(=O)[C@@H](N)C(C)C)[C@H](CC(C)C)C(=O)O. The number of likely N-dealkylation sites (tertiary alicyclic amines) is 1. The van der Waals surface area contributed by atoms with Gasteiger partial charge in [-0.25, -0.2) is 4.79 Å². The number of rotatable bonds is 10. The lowest BCUT2D eigenvalue weighted by Gasteiger charge is -2.34. The highest BCUT2D eigenvalue weighted by Crippen LogP contribution is 2.24. The number of carboxylic acids is 1. The lowest BCUT2D eigenvalue weighted by Crippen LogP contribution is -2.60. The Morgan fingerprint density at radius 1 is 1.10 bits per heavy atom. The summed E-state index contributed by atoms with van der Waals surface area (Å²) >= 11 is 0. The summed E-state index contributed by atoms with van der Waals surface area (Å²) in [7, 11) is 0. The first-order valence-electron chi connectivity index (χ1n) is 10.8. The summed E-state index contributed by atoms with van der Waals surface area (Å²) in [4.78, 5) is 65.5. The first-order valence-corrected chi connectivity index (χ1v) is 10.8. The Hall–Kier alpha value is -2.33. The number of carbonyl (C=O) groups is 5. The van der Waals surface area contributed by atoms with Gasteiger partial charge in [-0.2, -0.15) is 0 Å². The largest absolute Gasteiger partial charge is 0.480 e. The van der Waals surface area contributed by atoms with E-state index >= 15 is 0 Å². The molecule has 10 nitrogen and oxygen atoms in total. The van der Waals surface area contributed by atoms with Crippen LogP contribution in [0.3, 0.4) is 0 Å². The number of nitrogens with zero attached hydrogens (tertiary/aromatic N) is 2. The van der Waals surface area contributed by atoms with Crippen LogP contribution >= 0.6 is 0 Å². The quantitative estimate of drug-likeness (QED) is 0.403. The molecular weight excluding hydrogens is 404 g/mol. The number of nitrogens with two attached hydrogens (primary N) is 2. The molecular formula is C21H36N4O6. The van der Waals surface area contributed by atoms with Gasteiger partial charge in [-0.05, 0) is 37.5 Å². The summed E-state index contributed by atoms with van der Waals surface area (Å²) in [6.07, 6.45) is 0.875. The average molecular weight is 441 g/mol. The first-order chi connectivity index (χ1) is 14.3. The maximum atomic E-state index is 13.5. The van der Waals surface area contributed by atoms with Gasteiger partial charge < -0.3 is 21.5 Å². The van der Waals surface area contributed by atoms with E-state index in [0.717, 1.165) is 0 Å². The van der Waals surface area contributed by atoms with Crippen molar-refractivity contribution in [1.82, 2.24) is 9.80 Å². The lowest BCUT2D eigenvalue weighted by atomic mass is 9.99. The maximum Gasteiger partial charge on any atom is 0.326 e. The van der Waals surface area contributed by atoms with Gasteiger partial charge in [-0.1, -0.05) is 34.6 Å². The van der Waals surface area contributed by atoms with Gasteiger partial charge in [0.15, 0.2) is 0 Å². The molecule has 1 fully saturated rings. The Morgan fingerprint density at radius 2 is 1.68 bits per heavy atom. The number of carboxylic acid groups (broad SMARTS) is 1. The predicted octanol–water partition coefficient (Wildman–Crippen LogP) is 0.122. The van der Waals surface area contributed by atoms with Crippen LogP contribution in [0, 0.1) is 11.8 Å². The van der Waals surface area contributed by atoms with Crippen molar-refractivity contribution in [1.29, 1.82) is 0 Å². The van der Waals surface area contributed by atoms with Crippen LogP contribution in [0.4, 0.5) is 0 Å². The standard InChI is InChI=1S/C21H36N4O6/c1-6-13(22)17(26)20(29)25(15(21(30)31)10-11(2)3)18(27)14-8-7-9-24(14)19(28)16(23)12(4)5/h11-16H,6-10,22-23H2,1-5H3,(H,30,31)/t13?,14-,15+,16-/m0/s1. The summed E-state index contributed by atoms with van der Waals surface area (Å²) in [5, 5.41) is 9.76. The molecule has 0 spiro atoms. The van der Waals surface area contributed by atoms with E-state index in [-0.39, 0.29) is 37.6 Å². The van der Waals surface area contributed by atoms with E-state index < -0.39 is 53.6 Å². The molecule has 0 radical (unpaired) electrons. The van der Waals surface area contributed by atoms with Crippen molar-refractivity contribution in [2.75, 3.05) is 6.54 Å². The molecule has 1 saturated heterocycles. The van der Waals surface area contributed by atoms with E-state index in [4.69, 9.17) is 11.5 Å². The second kappa shape index (κ2) is 11.3. The highest BCUT2D eigenvalue weighted by molar-refractivity contribution is 6.41. The van der Waals surface area contributed by atoms with Gasteiger partial charge in [0, 0.05) is 6.54 Å². The van der Waals surface area contributed by atoms with Gasteiger partial charge in [-0.3, -0.25) is 24.1 Å². The zero-order valence-corrected chi connectivity index (χ0v) is 19.0. The average Bonchev–Trinajstić information content (AvgIpc) is 3.19. The molecule has 3 amide bonds. The fraction of sp³-hybridized carbons (Fsp3) is 0.762. The van der Waals surface area contributed by atoms with Crippen LogP contribution in [0.15, 0.2) is 0 Å². The Balaban J connectivity index is 3.37. The van der Waals surface area contributed by atoms with E-state index in [1.807, 2.05) is 0 Å². The van der Waals surface area contributed by atoms with Crippen LogP contribution in [0.2, 0.25) is 0 Å². The maximum absolute atomic E-state index is 13.5. The molecule has 0 saturated carbocycles. The van der Waals surface area contributed by atoms with Gasteiger partial charge in [0.2, 0.25) is 11.7 Å². The summed E-state index contributed by atoms with van der Waals surface area (Å²) in [6.45, 7) is 8.92. The molecule has 5 N–H and O–H groups in total. The van der Waals surface area contributed by atoms with Gasteiger partial charge in [-0.15, -0.1) is 0 Å². The number of ketones is 1. The Kier molecular flexibility index (Phi) is 9.76. The minimum absolute atomic E-state index is 0.0341. The number of imide groups is 1. The molecule has 176 valence electrons. The molecule has 1 unspecified atom stereocenters. The molecule has 4 atom stereocenters. The van der Waals surface area contributed by atoms with Crippen molar-refractivity contribution in [2.24, 2.45) is 23.3 Å². The minimum atomic E-state index is -1.54. The van der Waals surface area contributed by atoms with E-state index in [9.17, 15) is 29.1 Å². The molecule has 0 aromatic carbocycles. The monoisotopic (exact) mass is 440 g/mol. The number of hydrogen-bond donors (Lipinski definition) is 3. The van der Waals surface area contributed by atoms with Crippen LogP contribution in [-0.4, -0.2) is 75.1 Å². The van der Waals surface area contributed by atoms with Crippen molar-refractivity contribution in [3.05, 3.63) is 0 Å². The molecule has 0 bridgehead atoms. The summed E-state index contributed by atoms with van der Waals surface area (Å²) in [6, 6.07) is -4.57. The molecule has 31 heavy (non-hydrogen) atoms. The predicted molar refractivity (Wildman–Crippen MR) is 114 cm³/mol. The van der Waals surface area contributed by atoms with Crippen LogP contribution in [0.25, 0.3) is 0 Å². The molecule has 1 aliphatic heterocycles. The first kappa shape index (κ1) is 26.7. The van der Waals surface area contributed by atoms with Crippen molar-refractivity contribution in [3.63, 3.8) is 0 Å². The molecule has 0 aromatic rings. The number of carbonyl (C=O) groups excluding carboxylic acids is 4.